The van der Waals surface area contributed by atoms with Crippen LogP contribution in [0.1, 0.15) is 11.3 Å². The van der Waals surface area contributed by atoms with Gasteiger partial charge >= 0.3 is 0 Å². The lowest BCUT2D eigenvalue weighted by atomic mass is 10.2. The van der Waals surface area contributed by atoms with Crippen LogP contribution in [0.2, 0.25) is 5.02 Å². The van der Waals surface area contributed by atoms with E-state index < -0.39 is 0 Å². The van der Waals surface area contributed by atoms with Crippen LogP contribution in [0.5, 0.6) is 0 Å². The Labute approximate surface area is 136 Å². The highest BCUT2D eigenvalue weighted by molar-refractivity contribution is 6.31. The molecule has 0 saturated heterocycles. The van der Waals surface area contributed by atoms with Gasteiger partial charge in [0.25, 0.3) is 5.56 Å². The average molecular weight is 325 g/mol. The van der Waals surface area contributed by atoms with Gasteiger partial charge in [0, 0.05) is 17.4 Å². The average Bonchev–Trinajstić information content (AvgIpc) is 2.95. The van der Waals surface area contributed by atoms with Crippen molar-refractivity contribution in [3.05, 3.63) is 75.7 Å². The molecule has 0 spiro atoms. The van der Waals surface area contributed by atoms with E-state index in [1.165, 1.54) is 0 Å². The van der Waals surface area contributed by atoms with E-state index >= 15 is 0 Å². The summed E-state index contributed by atoms with van der Waals surface area (Å²) in [6.45, 7) is 2.38. The quantitative estimate of drug-likeness (QED) is 0.569. The first kappa shape index (κ1) is 14.0. The molecule has 0 fully saturated rings. The minimum Gasteiger partial charge on any atom is -0.307 e. The van der Waals surface area contributed by atoms with Gasteiger partial charge in [-0.05, 0) is 36.8 Å². The van der Waals surface area contributed by atoms with Crippen molar-refractivity contribution in [1.29, 1.82) is 0 Å². The molecule has 0 aliphatic heterocycles. The summed E-state index contributed by atoms with van der Waals surface area (Å²) in [6.07, 6.45) is 5.42. The van der Waals surface area contributed by atoms with E-state index in [1.54, 1.807) is 29.1 Å². The van der Waals surface area contributed by atoms with Crippen LogP contribution in [0.15, 0.2) is 53.8 Å². The van der Waals surface area contributed by atoms with Gasteiger partial charge in [-0.1, -0.05) is 17.7 Å². The van der Waals surface area contributed by atoms with Gasteiger partial charge in [0.1, 0.15) is 5.65 Å². The maximum Gasteiger partial charge on any atom is 0.261 e. The number of pyridine rings is 1. The molecule has 0 atom stereocenters. The third-order valence-electron chi connectivity index (χ3n) is 3.85. The molecule has 0 aliphatic carbocycles. The molecule has 0 radical (unpaired) electrons. The van der Waals surface area contributed by atoms with Crippen LogP contribution in [0.4, 0.5) is 0 Å². The van der Waals surface area contributed by atoms with Crippen LogP contribution in [-0.2, 0) is 6.54 Å². The summed E-state index contributed by atoms with van der Waals surface area (Å²) in [5.41, 5.74) is 3.32. The number of benzene rings is 1. The van der Waals surface area contributed by atoms with Crippen LogP contribution in [0.3, 0.4) is 0 Å². The number of aryl methyl sites for hydroxylation is 1. The van der Waals surface area contributed by atoms with Crippen molar-refractivity contribution in [2.75, 3.05) is 0 Å². The molecule has 4 aromatic rings. The second-order valence-electron chi connectivity index (χ2n) is 5.49. The van der Waals surface area contributed by atoms with Gasteiger partial charge in [-0.2, -0.15) is 0 Å². The van der Waals surface area contributed by atoms with Gasteiger partial charge in [0.2, 0.25) is 0 Å². The second kappa shape index (κ2) is 5.21. The molecule has 23 heavy (non-hydrogen) atoms. The van der Waals surface area contributed by atoms with E-state index in [0.717, 1.165) is 16.9 Å². The van der Waals surface area contributed by atoms with Gasteiger partial charge in [0.05, 0.1) is 29.5 Å². The maximum atomic E-state index is 12.6. The Balaban J connectivity index is 1.81. The molecular formula is C17H13ClN4O. The van der Waals surface area contributed by atoms with Crippen LogP contribution < -0.4 is 5.56 Å². The molecule has 3 heterocycles. The van der Waals surface area contributed by atoms with E-state index in [-0.39, 0.29) is 5.56 Å². The lowest BCUT2D eigenvalue weighted by molar-refractivity contribution is 0.734. The minimum atomic E-state index is -0.119. The topological polar surface area (TPSA) is 52.2 Å². The zero-order valence-electron chi connectivity index (χ0n) is 12.4. The molecule has 0 amide bonds. The van der Waals surface area contributed by atoms with Gasteiger partial charge in [-0.15, -0.1) is 0 Å². The lowest BCUT2D eigenvalue weighted by Gasteiger charge is -2.04. The zero-order valence-corrected chi connectivity index (χ0v) is 13.2. The van der Waals surface area contributed by atoms with E-state index in [2.05, 4.69) is 9.97 Å². The standard InChI is InChI=1S/C17H13ClN4O/c1-11-3-2-6-21-8-13(20-16(11)21)9-22-10-19-15-5-4-12(18)7-14(15)17(22)23/h2-8,10H,9H2,1H3. The van der Waals surface area contributed by atoms with E-state index in [4.69, 9.17) is 11.6 Å². The molecule has 1 aromatic carbocycles. The highest BCUT2D eigenvalue weighted by atomic mass is 35.5. The van der Waals surface area contributed by atoms with Gasteiger partial charge in [-0.3, -0.25) is 9.36 Å². The number of imidazole rings is 1. The molecule has 0 bridgehead atoms. The largest absolute Gasteiger partial charge is 0.307 e. The number of hydrogen-bond acceptors (Lipinski definition) is 3. The maximum absolute atomic E-state index is 12.6. The Kier molecular flexibility index (Phi) is 3.16. The molecule has 4 rings (SSSR count). The first-order valence-electron chi connectivity index (χ1n) is 7.20. The summed E-state index contributed by atoms with van der Waals surface area (Å²) < 4.78 is 3.51. The fourth-order valence-electron chi connectivity index (χ4n) is 2.70. The summed E-state index contributed by atoms with van der Waals surface area (Å²) in [7, 11) is 0. The molecule has 5 nitrogen and oxygen atoms in total. The molecule has 3 aromatic heterocycles. The van der Waals surface area contributed by atoms with Crippen LogP contribution in [-0.4, -0.2) is 18.9 Å². The number of nitrogens with zero attached hydrogens (tertiary/aromatic N) is 4. The Hall–Kier alpha value is -2.66. The molecular weight excluding hydrogens is 312 g/mol. The fourth-order valence-corrected chi connectivity index (χ4v) is 2.87. The molecule has 0 aliphatic rings. The van der Waals surface area contributed by atoms with Gasteiger partial charge in [0.15, 0.2) is 0 Å². The van der Waals surface area contributed by atoms with Crippen LogP contribution >= 0.6 is 11.6 Å². The number of hydrogen-bond donors (Lipinski definition) is 0. The van der Waals surface area contributed by atoms with Crippen molar-refractivity contribution >= 4 is 28.2 Å². The Morgan fingerprint density at radius 1 is 1.26 bits per heavy atom. The van der Waals surface area contributed by atoms with Crippen molar-refractivity contribution in [1.82, 2.24) is 18.9 Å². The first-order chi connectivity index (χ1) is 11.1. The fraction of sp³-hybridized carbons (Fsp3) is 0.118. The van der Waals surface area contributed by atoms with Crippen LogP contribution in [0.25, 0.3) is 16.6 Å². The highest BCUT2D eigenvalue weighted by Gasteiger charge is 2.08. The van der Waals surface area contributed by atoms with E-state index in [1.807, 2.05) is 35.9 Å². The zero-order chi connectivity index (χ0) is 16.0. The third kappa shape index (κ3) is 2.39. The molecule has 0 N–H and O–H groups in total. The smallest absolute Gasteiger partial charge is 0.261 e. The van der Waals surface area contributed by atoms with Crippen LogP contribution in [0, 0.1) is 6.92 Å². The molecule has 0 saturated carbocycles. The molecule has 6 heteroatoms. The van der Waals surface area contributed by atoms with Crippen molar-refractivity contribution in [3.63, 3.8) is 0 Å². The van der Waals surface area contributed by atoms with Gasteiger partial charge in [-0.25, -0.2) is 9.97 Å². The lowest BCUT2D eigenvalue weighted by Crippen LogP contribution is -2.21. The Morgan fingerprint density at radius 2 is 2.13 bits per heavy atom. The third-order valence-corrected chi connectivity index (χ3v) is 4.08. The number of aromatic nitrogens is 4. The monoisotopic (exact) mass is 324 g/mol. The number of fused-ring (bicyclic) bond motifs is 2. The van der Waals surface area contributed by atoms with Crippen molar-refractivity contribution in [3.8, 4) is 0 Å². The molecule has 0 unspecified atom stereocenters. The van der Waals surface area contributed by atoms with E-state index in [0.29, 0.717) is 22.5 Å². The normalized spacial score (nSPS) is 11.4. The van der Waals surface area contributed by atoms with Crippen molar-refractivity contribution in [2.45, 2.75) is 13.5 Å². The van der Waals surface area contributed by atoms with E-state index in [9.17, 15) is 4.79 Å². The number of rotatable bonds is 2. The molecule has 114 valence electrons. The van der Waals surface area contributed by atoms with Crippen molar-refractivity contribution in [2.24, 2.45) is 0 Å². The predicted octanol–water partition coefficient (Wildman–Crippen LogP) is 3.05. The summed E-state index contributed by atoms with van der Waals surface area (Å²) in [4.78, 5) is 21.5. The van der Waals surface area contributed by atoms with Gasteiger partial charge < -0.3 is 4.40 Å². The predicted molar refractivity (Wildman–Crippen MR) is 90.0 cm³/mol. The SMILES string of the molecule is Cc1cccn2cc(Cn3cnc4ccc(Cl)cc4c3=O)nc12. The first-order valence-corrected chi connectivity index (χ1v) is 7.57. The Morgan fingerprint density at radius 3 is 2.96 bits per heavy atom. The summed E-state index contributed by atoms with van der Waals surface area (Å²) in [5.74, 6) is 0. The second-order valence-corrected chi connectivity index (χ2v) is 5.93. The summed E-state index contributed by atoms with van der Waals surface area (Å²) in [5, 5.41) is 1.04. The van der Waals surface area contributed by atoms with Crippen molar-refractivity contribution < 1.29 is 0 Å². The highest BCUT2D eigenvalue weighted by Crippen LogP contribution is 2.15. The minimum absolute atomic E-state index is 0.119. The summed E-state index contributed by atoms with van der Waals surface area (Å²) >= 11 is 5.98. The summed E-state index contributed by atoms with van der Waals surface area (Å²) in [6, 6.07) is 9.11. The Bertz CT molecular complexity index is 1100. The number of halogens is 1.